The summed E-state index contributed by atoms with van der Waals surface area (Å²) in [5.41, 5.74) is 19.6. The average molecular weight is 1380 g/mol. The van der Waals surface area contributed by atoms with Gasteiger partial charge < -0.3 is 18.6 Å². The number of para-hydroxylation sites is 3. The van der Waals surface area contributed by atoms with E-state index in [1.54, 1.807) is 0 Å². The molecule has 4 heteroatoms. The Balaban J connectivity index is 0.000000138. The number of anilines is 6. The van der Waals surface area contributed by atoms with Gasteiger partial charge in [0.25, 0.3) is 0 Å². The van der Waals surface area contributed by atoms with Crippen LogP contribution in [0.3, 0.4) is 0 Å². The second-order valence-electron chi connectivity index (χ2n) is 28.1. The fourth-order valence-electron chi connectivity index (χ4n) is 17.1. The normalized spacial score (nSPS) is 11.7. The molecular weight excluding hydrogens is 1310 g/mol. The first-order valence-corrected chi connectivity index (χ1v) is 37.0. The van der Waals surface area contributed by atoms with Gasteiger partial charge in [-0.05, 0) is 205 Å². The van der Waals surface area contributed by atoms with Crippen molar-refractivity contribution in [1.82, 2.24) is 0 Å². The molecule has 0 aliphatic rings. The van der Waals surface area contributed by atoms with Gasteiger partial charge in [-0.2, -0.15) is 0 Å². The van der Waals surface area contributed by atoms with Crippen LogP contribution in [-0.2, 0) is 0 Å². The molecule has 0 N–H and O–H groups in total. The maximum atomic E-state index is 6.45. The highest BCUT2D eigenvalue weighted by Gasteiger charge is 2.24. The smallest absolute Gasteiger partial charge is 0.143 e. The molecule has 0 spiro atoms. The van der Waals surface area contributed by atoms with Crippen LogP contribution in [0.25, 0.3) is 175 Å². The SMILES string of the molecule is c1cc(-c2cc3ccccc3c3ccccc23)cc(N(c2ccc(-c3cccc4c3oc3ccccc34)cc2)c2cc3ccccc3c3ccccc23)c1.c1cc(-c2cc3ccccc3c3ccccc23)cc(N(c2ccc(-c3cccc4oc5ccccc5c34)cc2)c2cc3ccccc3c3ccccc23)c1. The third-order valence-corrected chi connectivity index (χ3v) is 22.0. The third kappa shape index (κ3) is 10.5. The number of hydrogen-bond donors (Lipinski definition) is 0. The van der Waals surface area contributed by atoms with E-state index in [4.69, 9.17) is 8.83 Å². The quantitative estimate of drug-likeness (QED) is 0.128. The van der Waals surface area contributed by atoms with Crippen LogP contribution in [-0.4, -0.2) is 0 Å². The van der Waals surface area contributed by atoms with Crippen LogP contribution in [0.5, 0.6) is 0 Å². The van der Waals surface area contributed by atoms with E-state index in [2.05, 4.69) is 386 Å². The van der Waals surface area contributed by atoms with E-state index in [0.29, 0.717) is 0 Å². The zero-order valence-electron chi connectivity index (χ0n) is 58.8. The lowest BCUT2D eigenvalue weighted by molar-refractivity contribution is 0.669. The summed E-state index contributed by atoms with van der Waals surface area (Å²) < 4.78 is 12.7. The molecule has 22 aromatic rings. The summed E-state index contributed by atoms with van der Waals surface area (Å²) in [6.07, 6.45) is 0. The van der Waals surface area contributed by atoms with Crippen LogP contribution in [0.15, 0.2) is 409 Å². The highest BCUT2D eigenvalue weighted by molar-refractivity contribution is 6.20. The highest BCUT2D eigenvalue weighted by Crippen LogP contribution is 2.49. The Kier molecular flexibility index (Phi) is 14.9. The molecular formula is C104H66N2O2. The second-order valence-corrected chi connectivity index (χ2v) is 28.1. The number of nitrogens with zero attached hydrogens (tertiary/aromatic N) is 2. The summed E-state index contributed by atoms with van der Waals surface area (Å²) in [4.78, 5) is 4.85. The Bertz CT molecular complexity index is 7320. The maximum Gasteiger partial charge on any atom is 0.143 e. The monoisotopic (exact) mass is 1370 g/mol. The van der Waals surface area contributed by atoms with E-state index < -0.39 is 0 Å². The van der Waals surface area contributed by atoms with Crippen molar-refractivity contribution in [3.63, 3.8) is 0 Å². The number of hydrogen-bond acceptors (Lipinski definition) is 4. The van der Waals surface area contributed by atoms with Crippen LogP contribution in [0, 0.1) is 0 Å². The first kappa shape index (κ1) is 62.3. The average Bonchev–Trinajstić information content (AvgIpc) is 1.20. The molecule has 2 aromatic heterocycles. The van der Waals surface area contributed by atoms with Gasteiger partial charge in [0.2, 0.25) is 0 Å². The van der Waals surface area contributed by atoms with Crippen molar-refractivity contribution in [1.29, 1.82) is 0 Å². The van der Waals surface area contributed by atoms with E-state index in [1.165, 1.54) is 108 Å². The van der Waals surface area contributed by atoms with Gasteiger partial charge in [0, 0.05) is 60.6 Å². The van der Waals surface area contributed by atoms with Crippen molar-refractivity contribution < 1.29 is 8.83 Å². The van der Waals surface area contributed by atoms with E-state index in [1.807, 2.05) is 24.3 Å². The molecule has 0 aliphatic heterocycles. The third-order valence-electron chi connectivity index (χ3n) is 22.0. The maximum absolute atomic E-state index is 6.45. The largest absolute Gasteiger partial charge is 0.456 e. The van der Waals surface area contributed by atoms with Gasteiger partial charge in [-0.1, -0.05) is 309 Å². The summed E-state index contributed by atoms with van der Waals surface area (Å²) in [6, 6.07) is 145. The second kappa shape index (κ2) is 25.8. The number of fused-ring (bicyclic) bond motifs is 18. The van der Waals surface area contributed by atoms with Gasteiger partial charge in [-0.3, -0.25) is 0 Å². The predicted molar refractivity (Wildman–Crippen MR) is 459 cm³/mol. The first-order valence-electron chi connectivity index (χ1n) is 37.0. The van der Waals surface area contributed by atoms with Gasteiger partial charge >= 0.3 is 0 Å². The molecule has 0 bridgehead atoms. The van der Waals surface area contributed by atoms with Crippen molar-refractivity contribution in [3.05, 3.63) is 400 Å². The molecule has 0 saturated carbocycles. The summed E-state index contributed by atoms with van der Waals surface area (Å²) >= 11 is 0. The Labute approximate surface area is 623 Å². The van der Waals surface area contributed by atoms with Gasteiger partial charge in [-0.15, -0.1) is 0 Å². The topological polar surface area (TPSA) is 32.8 Å². The Morgan fingerprint density at radius 1 is 0.167 bits per heavy atom. The van der Waals surface area contributed by atoms with Crippen LogP contribution < -0.4 is 9.80 Å². The van der Waals surface area contributed by atoms with Crippen molar-refractivity contribution in [2.45, 2.75) is 0 Å². The molecule has 0 fully saturated rings. The highest BCUT2D eigenvalue weighted by atomic mass is 16.3. The van der Waals surface area contributed by atoms with Gasteiger partial charge in [0.1, 0.15) is 22.3 Å². The zero-order valence-corrected chi connectivity index (χ0v) is 58.8. The minimum Gasteiger partial charge on any atom is -0.456 e. The molecule has 22 rings (SSSR count). The Hall–Kier alpha value is -14.3. The summed E-state index contributed by atoms with van der Waals surface area (Å²) in [7, 11) is 0. The zero-order chi connectivity index (χ0) is 71.2. The summed E-state index contributed by atoms with van der Waals surface area (Å²) in [5.74, 6) is 0. The van der Waals surface area contributed by atoms with E-state index in [-0.39, 0.29) is 0 Å². The standard InChI is InChI=1S/2C52H33NO/c1-3-17-40-36(13-1)32-49(45-21-6-5-19-43(40)45)35-15-11-16-39(31-35)53(50-33-37-14-2-4-18-41(37)44-20-7-8-22-46(44)50)38-29-27-34(28-30-38)42-24-12-25-48-47-23-9-10-26-51(47)54-52(42)48;1-3-17-40-36(13-1)32-48(45-21-6-5-19-43(40)45)35-15-11-16-39(31-35)53(49-33-37-14-2-4-18-41(37)44-20-7-8-22-46(44)49)38-29-27-34(28-30-38)42-24-12-26-51-52(42)47-23-9-10-25-50(47)54-51/h2*1-33H. The van der Waals surface area contributed by atoms with Gasteiger partial charge in [0.15, 0.2) is 0 Å². The fourth-order valence-corrected chi connectivity index (χ4v) is 17.1. The molecule has 0 saturated heterocycles. The molecule has 4 nitrogen and oxygen atoms in total. The van der Waals surface area contributed by atoms with Crippen molar-refractivity contribution in [3.8, 4) is 44.5 Å². The van der Waals surface area contributed by atoms with Crippen LogP contribution in [0.4, 0.5) is 34.1 Å². The molecule has 0 aliphatic carbocycles. The number of benzene rings is 20. The minimum atomic E-state index is 0.903. The number of rotatable bonds is 10. The van der Waals surface area contributed by atoms with Crippen LogP contribution >= 0.6 is 0 Å². The van der Waals surface area contributed by atoms with E-state index >= 15 is 0 Å². The van der Waals surface area contributed by atoms with Crippen molar-refractivity contribution in [2.75, 3.05) is 9.80 Å². The molecule has 0 amide bonds. The van der Waals surface area contributed by atoms with Crippen molar-refractivity contribution >= 4 is 164 Å². The first-order chi connectivity index (χ1) is 53.6. The summed E-state index contributed by atoms with van der Waals surface area (Å²) in [5, 5.41) is 24.4. The molecule has 20 aromatic carbocycles. The van der Waals surface area contributed by atoms with Crippen LogP contribution in [0.1, 0.15) is 0 Å². The van der Waals surface area contributed by atoms with E-state index in [9.17, 15) is 0 Å². The molecule has 0 radical (unpaired) electrons. The Morgan fingerprint density at radius 3 is 0.981 bits per heavy atom. The molecule has 0 unspecified atom stereocenters. The van der Waals surface area contributed by atoms with E-state index in [0.717, 1.165) is 100 Å². The van der Waals surface area contributed by atoms with Crippen molar-refractivity contribution in [2.24, 2.45) is 0 Å². The molecule has 0 atom stereocenters. The predicted octanol–water partition coefficient (Wildman–Crippen LogP) is 30.0. The lowest BCUT2D eigenvalue weighted by Crippen LogP contribution is -2.11. The molecule has 504 valence electrons. The summed E-state index contributed by atoms with van der Waals surface area (Å²) in [6.45, 7) is 0. The lowest BCUT2D eigenvalue weighted by Gasteiger charge is -2.28. The fraction of sp³-hybridized carbons (Fsp3) is 0. The van der Waals surface area contributed by atoms with Gasteiger partial charge in [-0.25, -0.2) is 0 Å². The van der Waals surface area contributed by atoms with Crippen LogP contribution in [0.2, 0.25) is 0 Å². The lowest BCUT2D eigenvalue weighted by atomic mass is 9.93. The minimum absolute atomic E-state index is 0.903. The number of furan rings is 2. The Morgan fingerprint density at radius 2 is 0.500 bits per heavy atom. The molecule has 108 heavy (non-hydrogen) atoms. The van der Waals surface area contributed by atoms with Gasteiger partial charge in [0.05, 0.1) is 11.4 Å². The molecule has 2 heterocycles.